The van der Waals surface area contributed by atoms with E-state index in [4.69, 9.17) is 21.4 Å². The van der Waals surface area contributed by atoms with Gasteiger partial charge in [-0.25, -0.2) is 0 Å². The number of thiocarbonyl (C=S) groups is 1. The highest BCUT2D eigenvalue weighted by atomic mass is 32.1. The predicted octanol–water partition coefficient (Wildman–Crippen LogP) is 4.77. The summed E-state index contributed by atoms with van der Waals surface area (Å²) in [6, 6.07) is 21.3. The summed E-state index contributed by atoms with van der Waals surface area (Å²) in [4.78, 5) is 17.7. The van der Waals surface area contributed by atoms with Crippen LogP contribution in [0.1, 0.15) is 29.9 Å². The molecule has 4 rings (SSSR count). The Labute approximate surface area is 191 Å². The lowest BCUT2D eigenvalue weighted by Gasteiger charge is -2.27. The molecule has 0 spiro atoms. The van der Waals surface area contributed by atoms with Crippen molar-refractivity contribution >= 4 is 28.2 Å². The highest BCUT2D eigenvalue weighted by Crippen LogP contribution is 2.20. The van der Waals surface area contributed by atoms with Crippen LogP contribution >= 0.6 is 12.2 Å². The van der Waals surface area contributed by atoms with Crippen molar-refractivity contribution in [1.29, 1.82) is 0 Å². The van der Waals surface area contributed by atoms with E-state index in [1.54, 1.807) is 13.4 Å². The standard InChI is InChI=1S/C25H25N3O3S/c1-17(18-7-4-3-5-8-18)26-25(32)28(16-22-9-6-12-31-22)15-20-13-19-14-21(30-2)10-11-23(19)27-24(20)29/h3-14,17H,15-16H2,1-2H3,(H,26,32)(H,27,29)/t17-/m1/s1. The fourth-order valence-corrected chi connectivity index (χ4v) is 3.88. The number of ether oxygens (including phenoxy) is 1. The summed E-state index contributed by atoms with van der Waals surface area (Å²) in [6.07, 6.45) is 1.63. The first kappa shape index (κ1) is 21.6. The van der Waals surface area contributed by atoms with Crippen LogP contribution in [0.3, 0.4) is 0 Å². The second kappa shape index (κ2) is 9.70. The molecule has 32 heavy (non-hydrogen) atoms. The van der Waals surface area contributed by atoms with Gasteiger partial charge >= 0.3 is 0 Å². The molecule has 0 fully saturated rings. The van der Waals surface area contributed by atoms with E-state index >= 15 is 0 Å². The van der Waals surface area contributed by atoms with Crippen molar-refractivity contribution < 1.29 is 9.15 Å². The Kier molecular flexibility index (Phi) is 6.56. The quantitative estimate of drug-likeness (QED) is 0.398. The van der Waals surface area contributed by atoms with Crippen LogP contribution in [-0.4, -0.2) is 22.1 Å². The van der Waals surface area contributed by atoms with Gasteiger partial charge in [0.05, 0.1) is 32.5 Å². The van der Waals surface area contributed by atoms with Crippen LogP contribution in [0.2, 0.25) is 0 Å². The number of methoxy groups -OCH3 is 1. The number of pyridine rings is 1. The number of rotatable bonds is 7. The van der Waals surface area contributed by atoms with Gasteiger partial charge in [0, 0.05) is 16.5 Å². The molecule has 1 atom stereocenters. The Hall–Kier alpha value is -3.58. The number of benzene rings is 2. The maximum atomic E-state index is 12.8. The number of nitrogens with zero attached hydrogens (tertiary/aromatic N) is 1. The molecule has 0 aliphatic heterocycles. The van der Waals surface area contributed by atoms with Crippen molar-refractivity contribution in [3.63, 3.8) is 0 Å². The van der Waals surface area contributed by atoms with Gasteiger partial charge in [-0.05, 0) is 61.1 Å². The molecule has 0 saturated heterocycles. The van der Waals surface area contributed by atoms with E-state index in [1.165, 1.54) is 0 Å². The first-order chi connectivity index (χ1) is 15.5. The summed E-state index contributed by atoms with van der Waals surface area (Å²) in [5.41, 5.74) is 2.35. The molecule has 164 valence electrons. The number of hydrogen-bond acceptors (Lipinski definition) is 4. The van der Waals surface area contributed by atoms with Crippen LogP contribution in [0.15, 0.2) is 82.2 Å². The van der Waals surface area contributed by atoms with Gasteiger partial charge in [0.2, 0.25) is 0 Å². The lowest BCUT2D eigenvalue weighted by atomic mass is 10.1. The minimum Gasteiger partial charge on any atom is -0.497 e. The van der Waals surface area contributed by atoms with Gasteiger partial charge in [-0.3, -0.25) is 4.79 Å². The van der Waals surface area contributed by atoms with E-state index in [-0.39, 0.29) is 11.6 Å². The fourth-order valence-electron chi connectivity index (χ4n) is 3.57. The average molecular weight is 448 g/mol. The lowest BCUT2D eigenvalue weighted by molar-refractivity contribution is 0.347. The number of nitrogens with one attached hydrogen (secondary N) is 2. The summed E-state index contributed by atoms with van der Waals surface area (Å²) in [7, 11) is 1.62. The van der Waals surface area contributed by atoms with Crippen molar-refractivity contribution in [3.05, 3.63) is 100 Å². The molecule has 2 heterocycles. The number of H-pyrrole nitrogens is 1. The summed E-state index contributed by atoms with van der Waals surface area (Å²) in [6.45, 7) is 2.83. The van der Waals surface area contributed by atoms with Gasteiger partial charge in [-0.2, -0.15) is 0 Å². The van der Waals surface area contributed by atoms with Crippen LogP contribution in [-0.2, 0) is 13.1 Å². The van der Waals surface area contributed by atoms with Crippen molar-refractivity contribution in [1.82, 2.24) is 15.2 Å². The summed E-state index contributed by atoms with van der Waals surface area (Å²) in [5, 5.41) is 4.83. The molecule has 2 aromatic heterocycles. The fraction of sp³-hybridized carbons (Fsp3) is 0.200. The third-order valence-corrected chi connectivity index (χ3v) is 5.72. The normalized spacial score (nSPS) is 11.8. The van der Waals surface area contributed by atoms with E-state index in [0.717, 1.165) is 28.0 Å². The minimum atomic E-state index is -0.147. The summed E-state index contributed by atoms with van der Waals surface area (Å²) in [5.74, 6) is 1.50. The second-order valence-electron chi connectivity index (χ2n) is 7.59. The molecule has 0 amide bonds. The van der Waals surface area contributed by atoms with Gasteiger partial charge in [-0.15, -0.1) is 0 Å². The summed E-state index contributed by atoms with van der Waals surface area (Å²) >= 11 is 5.74. The van der Waals surface area contributed by atoms with E-state index in [9.17, 15) is 4.79 Å². The number of furan rings is 1. The van der Waals surface area contributed by atoms with Crippen molar-refractivity contribution in [2.45, 2.75) is 26.1 Å². The zero-order chi connectivity index (χ0) is 22.5. The lowest BCUT2D eigenvalue weighted by Crippen LogP contribution is -2.41. The van der Waals surface area contributed by atoms with Gasteiger partial charge in [0.1, 0.15) is 11.5 Å². The smallest absolute Gasteiger partial charge is 0.253 e. The minimum absolute atomic E-state index is 0.0157. The number of hydrogen-bond donors (Lipinski definition) is 2. The largest absolute Gasteiger partial charge is 0.497 e. The SMILES string of the molecule is COc1ccc2[nH]c(=O)c(CN(Cc3ccco3)C(=S)N[C@H](C)c3ccccc3)cc2c1. The first-order valence-corrected chi connectivity index (χ1v) is 10.8. The Balaban J connectivity index is 1.61. The highest BCUT2D eigenvalue weighted by Gasteiger charge is 2.17. The maximum absolute atomic E-state index is 12.8. The van der Waals surface area contributed by atoms with E-state index in [1.807, 2.05) is 59.5 Å². The van der Waals surface area contributed by atoms with Crippen LogP contribution in [0.25, 0.3) is 10.9 Å². The molecule has 0 saturated carbocycles. The molecule has 4 aromatic rings. The predicted molar refractivity (Wildman–Crippen MR) is 130 cm³/mol. The van der Waals surface area contributed by atoms with E-state index in [0.29, 0.717) is 23.8 Å². The summed E-state index contributed by atoms with van der Waals surface area (Å²) < 4.78 is 10.9. The maximum Gasteiger partial charge on any atom is 0.253 e. The van der Waals surface area contributed by atoms with Crippen LogP contribution in [0, 0.1) is 0 Å². The molecule has 7 heteroatoms. The van der Waals surface area contributed by atoms with Crippen LogP contribution in [0.5, 0.6) is 5.75 Å². The zero-order valence-corrected chi connectivity index (χ0v) is 18.8. The number of aromatic amines is 1. The average Bonchev–Trinajstić information content (AvgIpc) is 3.32. The van der Waals surface area contributed by atoms with Gasteiger partial charge in [0.25, 0.3) is 5.56 Å². The van der Waals surface area contributed by atoms with Crippen molar-refractivity contribution in [2.24, 2.45) is 0 Å². The van der Waals surface area contributed by atoms with Crippen molar-refractivity contribution in [2.75, 3.05) is 7.11 Å². The number of aromatic nitrogens is 1. The monoisotopic (exact) mass is 447 g/mol. The van der Waals surface area contributed by atoms with Gasteiger partial charge in [0.15, 0.2) is 5.11 Å². The Morgan fingerprint density at radius 1 is 1.12 bits per heavy atom. The number of fused-ring (bicyclic) bond motifs is 1. The third kappa shape index (κ3) is 5.00. The van der Waals surface area contributed by atoms with Gasteiger partial charge < -0.3 is 24.4 Å². The molecule has 0 aliphatic carbocycles. The molecule has 0 aliphatic rings. The first-order valence-electron chi connectivity index (χ1n) is 10.4. The Bertz CT molecular complexity index is 1250. The molecular weight excluding hydrogens is 422 g/mol. The molecule has 0 bridgehead atoms. The zero-order valence-electron chi connectivity index (χ0n) is 18.0. The van der Waals surface area contributed by atoms with Crippen molar-refractivity contribution in [3.8, 4) is 5.75 Å². The molecule has 6 nitrogen and oxygen atoms in total. The Morgan fingerprint density at radius 3 is 2.66 bits per heavy atom. The van der Waals surface area contributed by atoms with Crippen LogP contribution < -0.4 is 15.6 Å². The van der Waals surface area contributed by atoms with Crippen LogP contribution in [0.4, 0.5) is 0 Å². The molecule has 0 unspecified atom stereocenters. The van der Waals surface area contributed by atoms with E-state index < -0.39 is 0 Å². The molecule has 2 aromatic carbocycles. The second-order valence-corrected chi connectivity index (χ2v) is 7.98. The van der Waals surface area contributed by atoms with Gasteiger partial charge in [-0.1, -0.05) is 30.3 Å². The van der Waals surface area contributed by atoms with E-state index in [2.05, 4.69) is 29.4 Å². The highest BCUT2D eigenvalue weighted by molar-refractivity contribution is 7.80. The molecule has 2 N–H and O–H groups in total. The Morgan fingerprint density at radius 2 is 1.94 bits per heavy atom. The topological polar surface area (TPSA) is 70.5 Å². The third-order valence-electron chi connectivity index (χ3n) is 5.34. The molecule has 0 radical (unpaired) electrons. The molecular formula is C25H25N3O3S.